The van der Waals surface area contributed by atoms with E-state index in [0.29, 0.717) is 0 Å². The molecule has 0 bridgehead atoms. The fraction of sp³-hybridized carbons (Fsp3) is 0.526. The van der Waals surface area contributed by atoms with Crippen molar-refractivity contribution in [2.24, 2.45) is 22.2 Å². The van der Waals surface area contributed by atoms with Gasteiger partial charge in [-0.15, -0.1) is 0 Å². The summed E-state index contributed by atoms with van der Waals surface area (Å²) in [5.74, 6) is -24.5. The molecule has 9 N–H and O–H groups in total. The molecule has 37 heavy (non-hydrogen) atoms. The van der Waals surface area contributed by atoms with E-state index in [2.05, 4.69) is 0 Å². The number of carboxylic acids is 9. The highest BCUT2D eigenvalue weighted by molar-refractivity contribution is 5.95. The minimum atomic E-state index is -3.76. The van der Waals surface area contributed by atoms with E-state index in [-0.39, 0.29) is 0 Å². The molecule has 0 aromatic carbocycles. The number of carboxylic acid groups (broad SMARTS) is 9. The Morgan fingerprint density at radius 1 is 0.351 bits per heavy atom. The molecule has 0 rings (SSSR count). The Morgan fingerprint density at radius 2 is 0.486 bits per heavy atom. The topological polar surface area (TPSA) is 336 Å². The summed E-state index contributed by atoms with van der Waals surface area (Å²) in [5, 5.41) is 86.3. The first-order valence-electron chi connectivity index (χ1n) is 9.71. The van der Waals surface area contributed by atoms with E-state index in [9.17, 15) is 89.1 Å². The molecule has 0 saturated carbocycles. The van der Waals surface area contributed by atoms with Crippen molar-refractivity contribution in [1.29, 1.82) is 0 Å². The molecule has 0 aromatic heterocycles. The molecule has 0 aliphatic heterocycles. The van der Waals surface area contributed by atoms with E-state index < -0.39 is 114 Å². The van der Waals surface area contributed by atoms with Crippen LogP contribution in [0.25, 0.3) is 0 Å². The first kappa shape index (κ1) is 32.2. The number of hydrogen-bond donors (Lipinski definition) is 9. The van der Waals surface area contributed by atoms with Crippen LogP contribution in [0.5, 0.6) is 0 Å². The summed E-state index contributed by atoms with van der Waals surface area (Å²) in [6.07, 6.45) is -12.0. The van der Waals surface area contributed by atoms with Crippen LogP contribution in [0.2, 0.25) is 0 Å². The number of hydrogen-bond acceptors (Lipinski definition) is 9. The lowest BCUT2D eigenvalue weighted by atomic mass is 9.46. The zero-order valence-electron chi connectivity index (χ0n) is 18.5. The maximum atomic E-state index is 12.5. The Labute approximate surface area is 204 Å². The third-order valence-electron chi connectivity index (χ3n) is 5.74. The zero-order valence-corrected chi connectivity index (χ0v) is 18.5. The number of carbonyl (C=O) groups is 9. The Hall–Kier alpha value is -4.77. The number of rotatable bonds is 18. The summed E-state index contributed by atoms with van der Waals surface area (Å²) < 4.78 is 0. The largest absolute Gasteiger partial charge is 0.481 e. The minimum Gasteiger partial charge on any atom is -0.481 e. The molecule has 0 atom stereocenters. The zero-order chi connectivity index (χ0) is 29.5. The molecule has 206 valence electrons. The summed E-state index contributed by atoms with van der Waals surface area (Å²) >= 11 is 0. The van der Waals surface area contributed by atoms with Crippen molar-refractivity contribution in [2.75, 3.05) is 0 Å². The van der Waals surface area contributed by atoms with Crippen LogP contribution < -0.4 is 0 Å². The van der Waals surface area contributed by atoms with Crippen molar-refractivity contribution in [3.05, 3.63) is 0 Å². The van der Waals surface area contributed by atoms with Crippen LogP contribution in [-0.2, 0) is 43.2 Å². The molecule has 0 saturated heterocycles. The van der Waals surface area contributed by atoms with E-state index in [4.69, 9.17) is 0 Å². The maximum absolute atomic E-state index is 12.5. The first-order valence-corrected chi connectivity index (χ1v) is 9.71. The van der Waals surface area contributed by atoms with Gasteiger partial charge in [0.15, 0.2) is 0 Å². The Bertz CT molecular complexity index is 846. The van der Waals surface area contributed by atoms with Gasteiger partial charge >= 0.3 is 53.7 Å². The molecule has 18 nitrogen and oxygen atoms in total. The second-order valence-corrected chi connectivity index (χ2v) is 8.24. The summed E-state index contributed by atoms with van der Waals surface area (Å²) in [4.78, 5) is 108. The van der Waals surface area contributed by atoms with Gasteiger partial charge < -0.3 is 46.0 Å². The van der Waals surface area contributed by atoms with Gasteiger partial charge in [-0.3, -0.25) is 43.2 Å². The van der Waals surface area contributed by atoms with Crippen LogP contribution in [0.3, 0.4) is 0 Å². The van der Waals surface area contributed by atoms with Gasteiger partial charge in [0.25, 0.3) is 0 Å². The van der Waals surface area contributed by atoms with E-state index in [1.807, 2.05) is 0 Å². The van der Waals surface area contributed by atoms with Crippen LogP contribution in [0.4, 0.5) is 0 Å². The average molecular weight is 538 g/mol. The smallest absolute Gasteiger partial charge is 0.311 e. The van der Waals surface area contributed by atoms with E-state index in [0.717, 1.165) is 0 Å². The summed E-state index contributed by atoms with van der Waals surface area (Å²) in [5.41, 5.74) is -11.3. The van der Waals surface area contributed by atoms with E-state index in [1.165, 1.54) is 0 Å². The van der Waals surface area contributed by atoms with Crippen LogP contribution in [0.15, 0.2) is 0 Å². The maximum Gasteiger partial charge on any atom is 0.311 e. The molecule has 18 heteroatoms. The third kappa shape index (κ3) is 7.12. The van der Waals surface area contributed by atoms with Crippen LogP contribution >= 0.6 is 0 Å². The normalized spacial score (nSPS) is 11.9. The van der Waals surface area contributed by atoms with Crippen molar-refractivity contribution in [3.8, 4) is 0 Å². The fourth-order valence-corrected chi connectivity index (χ4v) is 4.83. The number of aliphatic carboxylic acids is 9. The van der Waals surface area contributed by atoms with Gasteiger partial charge in [-0.2, -0.15) is 0 Å². The highest BCUT2D eigenvalue weighted by atomic mass is 16.4. The standard InChI is InChI=1S/C19H22O18/c20-7(21)1-17(14(32)33,2-8(22)23)13(18(15(34)35,3-9(24)25)4-10(26)27)19(16(36)37,5-11(28)29)6-12(30)31/h13H,1-6H2,(H,20,21)(H,22,23)(H,24,25)(H,26,27)(H,28,29)(H,30,31)(H,32,33)(H,34,35)(H,36,37). The predicted molar refractivity (Wildman–Crippen MR) is 107 cm³/mol. The summed E-state index contributed by atoms with van der Waals surface area (Å²) in [7, 11) is 0. The van der Waals surface area contributed by atoms with Crippen molar-refractivity contribution in [2.45, 2.75) is 38.5 Å². The molecule has 0 aliphatic carbocycles. The molecular formula is C19H22O18. The van der Waals surface area contributed by atoms with Gasteiger partial charge in [-0.1, -0.05) is 0 Å². The van der Waals surface area contributed by atoms with Crippen LogP contribution in [-0.4, -0.2) is 99.7 Å². The van der Waals surface area contributed by atoms with Gasteiger partial charge in [-0.05, 0) is 0 Å². The van der Waals surface area contributed by atoms with Crippen molar-refractivity contribution in [3.63, 3.8) is 0 Å². The van der Waals surface area contributed by atoms with Crippen LogP contribution in [0.1, 0.15) is 38.5 Å². The van der Waals surface area contributed by atoms with Crippen molar-refractivity contribution < 1.29 is 89.1 Å². The quantitative estimate of drug-likeness (QED) is 0.0974. The van der Waals surface area contributed by atoms with Crippen molar-refractivity contribution >= 4 is 53.7 Å². The highest BCUT2D eigenvalue weighted by Crippen LogP contribution is 2.60. The molecule has 0 aromatic rings. The van der Waals surface area contributed by atoms with E-state index >= 15 is 0 Å². The average Bonchev–Trinajstić information content (AvgIpc) is 2.63. The van der Waals surface area contributed by atoms with Gasteiger partial charge in [0.1, 0.15) is 0 Å². The lowest BCUT2D eigenvalue weighted by Crippen LogP contribution is -2.63. The Morgan fingerprint density at radius 3 is 0.568 bits per heavy atom. The van der Waals surface area contributed by atoms with Gasteiger partial charge in [0.05, 0.1) is 54.8 Å². The van der Waals surface area contributed by atoms with Gasteiger partial charge in [0, 0.05) is 5.92 Å². The molecule has 0 amide bonds. The summed E-state index contributed by atoms with van der Waals surface area (Å²) in [6.45, 7) is 0. The van der Waals surface area contributed by atoms with Crippen molar-refractivity contribution in [1.82, 2.24) is 0 Å². The molecule has 0 fully saturated rings. The summed E-state index contributed by atoms with van der Waals surface area (Å²) in [6, 6.07) is 0. The highest BCUT2D eigenvalue weighted by Gasteiger charge is 2.71. The lowest BCUT2D eigenvalue weighted by molar-refractivity contribution is -0.203. The van der Waals surface area contributed by atoms with Crippen LogP contribution in [0, 0.1) is 22.2 Å². The fourth-order valence-electron chi connectivity index (χ4n) is 4.83. The SMILES string of the molecule is O=C(O)CC(CC(=O)O)(C(=O)O)C(C(CC(=O)O)(CC(=O)O)C(=O)O)C(CC(=O)O)(CC(=O)O)C(=O)O. The minimum absolute atomic E-state index is 2.00. The van der Waals surface area contributed by atoms with Gasteiger partial charge in [-0.25, -0.2) is 0 Å². The monoisotopic (exact) mass is 538 g/mol. The lowest BCUT2D eigenvalue weighted by Gasteiger charge is -2.51. The van der Waals surface area contributed by atoms with Gasteiger partial charge in [0.2, 0.25) is 0 Å². The molecule has 0 aliphatic rings. The molecule has 0 radical (unpaired) electrons. The first-order chi connectivity index (χ1) is 16.7. The van der Waals surface area contributed by atoms with E-state index in [1.54, 1.807) is 0 Å². The molecular weight excluding hydrogens is 516 g/mol. The molecule has 0 unspecified atom stereocenters. The predicted octanol–water partition coefficient (Wildman–Crippen LogP) is -1.34. The Balaban J connectivity index is 8.63. The second-order valence-electron chi connectivity index (χ2n) is 8.24. The second kappa shape index (κ2) is 11.8. The molecule has 0 heterocycles. The molecule has 0 spiro atoms. The third-order valence-corrected chi connectivity index (χ3v) is 5.74. The Kier molecular flexibility index (Phi) is 10.3.